The zero-order valence-electron chi connectivity index (χ0n) is 11.8. The van der Waals surface area contributed by atoms with Crippen LogP contribution < -0.4 is 5.32 Å². The molecule has 2 rings (SSSR count). The minimum atomic E-state index is 0.310. The van der Waals surface area contributed by atoms with Crippen LogP contribution >= 0.6 is 0 Å². The molecule has 0 radical (unpaired) electrons. The highest BCUT2D eigenvalue weighted by Gasteiger charge is 2.38. The normalized spacial score (nSPS) is 22.5. The summed E-state index contributed by atoms with van der Waals surface area (Å²) < 4.78 is 5.82. The first-order chi connectivity index (χ1) is 8.63. The van der Waals surface area contributed by atoms with Crippen molar-refractivity contribution in [2.45, 2.75) is 58.8 Å². The predicted molar refractivity (Wildman–Crippen MR) is 71.5 cm³/mol. The van der Waals surface area contributed by atoms with E-state index < -0.39 is 0 Å². The first-order valence-electron chi connectivity index (χ1n) is 7.16. The lowest BCUT2D eigenvalue weighted by Gasteiger charge is -2.23. The maximum Gasteiger partial charge on any atom is 0.220 e. The predicted octanol–water partition coefficient (Wildman–Crippen LogP) is 2.91. The third-order valence-corrected chi connectivity index (χ3v) is 3.98. The molecule has 1 aromatic heterocycles. The van der Waals surface area contributed by atoms with Gasteiger partial charge in [0.15, 0.2) is 0 Å². The molecule has 0 bridgehead atoms. The Morgan fingerprint density at radius 1 is 1.33 bits per heavy atom. The highest BCUT2D eigenvalue weighted by atomic mass is 16.4. The fraction of sp³-hybridized carbons (Fsp3) is 0.857. The van der Waals surface area contributed by atoms with Gasteiger partial charge in [-0.3, -0.25) is 0 Å². The summed E-state index contributed by atoms with van der Waals surface area (Å²) in [5.41, 5.74) is 0.310. The standard InChI is InChI=1S/C14H25N3O/c1-4-9-15-10-7-12-16-17-13(18-12)11-6-5-8-14(11,2)3/h11,15H,4-10H2,1-3H3. The van der Waals surface area contributed by atoms with Crippen LogP contribution in [0.3, 0.4) is 0 Å². The SMILES string of the molecule is CCCNCCc1nnc(C2CCCC2(C)C)o1. The summed E-state index contributed by atoms with van der Waals surface area (Å²) in [6.45, 7) is 8.74. The third-order valence-electron chi connectivity index (χ3n) is 3.98. The highest BCUT2D eigenvalue weighted by molar-refractivity contribution is 5.02. The quantitative estimate of drug-likeness (QED) is 0.790. The minimum absolute atomic E-state index is 0.310. The van der Waals surface area contributed by atoms with Crippen molar-refractivity contribution >= 4 is 0 Å². The Labute approximate surface area is 110 Å². The number of hydrogen-bond acceptors (Lipinski definition) is 4. The van der Waals surface area contributed by atoms with Crippen LogP contribution in [0, 0.1) is 5.41 Å². The van der Waals surface area contributed by atoms with Crippen LogP contribution in [0.4, 0.5) is 0 Å². The maximum absolute atomic E-state index is 5.82. The molecule has 1 unspecified atom stereocenters. The molecule has 1 heterocycles. The van der Waals surface area contributed by atoms with Gasteiger partial charge in [-0.15, -0.1) is 10.2 Å². The average Bonchev–Trinajstić information content (AvgIpc) is 2.90. The molecule has 1 N–H and O–H groups in total. The molecule has 0 aromatic carbocycles. The van der Waals surface area contributed by atoms with Crippen LogP contribution in [-0.4, -0.2) is 23.3 Å². The van der Waals surface area contributed by atoms with Gasteiger partial charge in [-0.1, -0.05) is 27.2 Å². The first-order valence-corrected chi connectivity index (χ1v) is 7.16. The van der Waals surface area contributed by atoms with E-state index in [9.17, 15) is 0 Å². The first kappa shape index (κ1) is 13.5. The molecule has 1 aliphatic carbocycles. The Hall–Kier alpha value is -0.900. The van der Waals surface area contributed by atoms with Gasteiger partial charge in [0.25, 0.3) is 0 Å². The van der Waals surface area contributed by atoms with E-state index in [-0.39, 0.29) is 0 Å². The van der Waals surface area contributed by atoms with Crippen LogP contribution in [0.25, 0.3) is 0 Å². The lowest BCUT2D eigenvalue weighted by molar-refractivity contribution is 0.280. The second kappa shape index (κ2) is 5.83. The van der Waals surface area contributed by atoms with Crippen molar-refractivity contribution in [1.29, 1.82) is 0 Å². The van der Waals surface area contributed by atoms with Crippen molar-refractivity contribution in [2.24, 2.45) is 5.41 Å². The van der Waals surface area contributed by atoms with Crippen LogP contribution in [0.1, 0.15) is 64.2 Å². The fourth-order valence-corrected chi connectivity index (χ4v) is 2.79. The molecule has 0 saturated heterocycles. The second-order valence-corrected chi connectivity index (χ2v) is 5.97. The third kappa shape index (κ3) is 3.10. The topological polar surface area (TPSA) is 51.0 Å². The van der Waals surface area contributed by atoms with Gasteiger partial charge in [-0.2, -0.15) is 0 Å². The van der Waals surface area contributed by atoms with Crippen LogP contribution in [-0.2, 0) is 6.42 Å². The molecule has 1 aromatic rings. The molecular weight excluding hydrogens is 226 g/mol. The van der Waals surface area contributed by atoms with E-state index in [1.54, 1.807) is 0 Å². The summed E-state index contributed by atoms with van der Waals surface area (Å²) in [5, 5.41) is 11.8. The zero-order valence-corrected chi connectivity index (χ0v) is 11.8. The summed E-state index contributed by atoms with van der Waals surface area (Å²) in [4.78, 5) is 0. The van der Waals surface area contributed by atoms with E-state index in [4.69, 9.17) is 4.42 Å². The summed E-state index contributed by atoms with van der Waals surface area (Å²) >= 11 is 0. The van der Waals surface area contributed by atoms with Gasteiger partial charge in [-0.25, -0.2) is 0 Å². The van der Waals surface area contributed by atoms with Crippen molar-refractivity contribution in [3.05, 3.63) is 11.8 Å². The Balaban J connectivity index is 1.90. The summed E-state index contributed by atoms with van der Waals surface area (Å²) in [6, 6.07) is 0. The number of nitrogens with zero attached hydrogens (tertiary/aromatic N) is 2. The van der Waals surface area contributed by atoms with Gasteiger partial charge in [0, 0.05) is 18.9 Å². The molecule has 4 nitrogen and oxygen atoms in total. The van der Waals surface area contributed by atoms with Crippen LogP contribution in [0.2, 0.25) is 0 Å². The van der Waals surface area contributed by atoms with Gasteiger partial charge in [0.1, 0.15) is 0 Å². The minimum Gasteiger partial charge on any atom is -0.425 e. The molecule has 0 amide bonds. The van der Waals surface area contributed by atoms with Crippen molar-refractivity contribution < 1.29 is 4.42 Å². The molecule has 18 heavy (non-hydrogen) atoms. The van der Waals surface area contributed by atoms with E-state index in [2.05, 4.69) is 36.3 Å². The van der Waals surface area contributed by atoms with Crippen molar-refractivity contribution in [3.63, 3.8) is 0 Å². The molecule has 1 aliphatic rings. The van der Waals surface area contributed by atoms with E-state index in [1.165, 1.54) is 19.3 Å². The van der Waals surface area contributed by atoms with E-state index in [0.29, 0.717) is 11.3 Å². The van der Waals surface area contributed by atoms with E-state index in [0.717, 1.165) is 37.7 Å². The van der Waals surface area contributed by atoms with Gasteiger partial charge >= 0.3 is 0 Å². The zero-order chi connectivity index (χ0) is 13.0. The average molecular weight is 251 g/mol. The smallest absolute Gasteiger partial charge is 0.220 e. The molecule has 1 fully saturated rings. The summed E-state index contributed by atoms with van der Waals surface area (Å²) in [7, 11) is 0. The number of aromatic nitrogens is 2. The molecule has 0 aliphatic heterocycles. The number of nitrogens with one attached hydrogen (secondary N) is 1. The Kier molecular flexibility index (Phi) is 4.38. The lowest BCUT2D eigenvalue weighted by Crippen LogP contribution is -2.17. The number of hydrogen-bond donors (Lipinski definition) is 1. The monoisotopic (exact) mass is 251 g/mol. The molecule has 1 atom stereocenters. The van der Waals surface area contributed by atoms with Gasteiger partial charge in [-0.05, 0) is 31.2 Å². The largest absolute Gasteiger partial charge is 0.425 e. The van der Waals surface area contributed by atoms with Crippen molar-refractivity contribution in [3.8, 4) is 0 Å². The molecule has 0 spiro atoms. The van der Waals surface area contributed by atoms with Gasteiger partial charge in [0.05, 0.1) is 0 Å². The Bertz CT molecular complexity index is 373. The van der Waals surface area contributed by atoms with Crippen molar-refractivity contribution in [1.82, 2.24) is 15.5 Å². The number of rotatable bonds is 6. The Morgan fingerprint density at radius 2 is 2.17 bits per heavy atom. The summed E-state index contributed by atoms with van der Waals surface area (Å²) in [6.07, 6.45) is 5.70. The van der Waals surface area contributed by atoms with E-state index in [1.807, 2.05) is 0 Å². The highest BCUT2D eigenvalue weighted by Crippen LogP contribution is 2.48. The van der Waals surface area contributed by atoms with Gasteiger partial charge < -0.3 is 9.73 Å². The molecule has 102 valence electrons. The molecule has 1 saturated carbocycles. The van der Waals surface area contributed by atoms with Crippen LogP contribution in [0.5, 0.6) is 0 Å². The summed E-state index contributed by atoms with van der Waals surface area (Å²) in [5.74, 6) is 2.07. The lowest BCUT2D eigenvalue weighted by atomic mass is 9.82. The van der Waals surface area contributed by atoms with Crippen LogP contribution in [0.15, 0.2) is 4.42 Å². The Morgan fingerprint density at radius 3 is 2.83 bits per heavy atom. The maximum atomic E-state index is 5.82. The van der Waals surface area contributed by atoms with E-state index >= 15 is 0 Å². The van der Waals surface area contributed by atoms with Crippen molar-refractivity contribution in [2.75, 3.05) is 13.1 Å². The molecular formula is C14H25N3O. The fourth-order valence-electron chi connectivity index (χ4n) is 2.79. The molecule has 4 heteroatoms. The van der Waals surface area contributed by atoms with Gasteiger partial charge in [0.2, 0.25) is 11.8 Å². The second-order valence-electron chi connectivity index (χ2n) is 5.97.